The summed E-state index contributed by atoms with van der Waals surface area (Å²) < 4.78 is 13.1. The van der Waals surface area contributed by atoms with Crippen LogP contribution in [0.25, 0.3) is 0 Å². The zero-order chi connectivity index (χ0) is 12.3. The summed E-state index contributed by atoms with van der Waals surface area (Å²) in [6.07, 6.45) is 2.73. The topological polar surface area (TPSA) is 64.6 Å². The Labute approximate surface area is 94.6 Å². The fraction of sp³-hybridized carbons (Fsp3) is 0.500. The maximum absolute atomic E-state index is 11.7. The van der Waals surface area contributed by atoms with Gasteiger partial charge in [-0.05, 0) is 13.0 Å². The fourth-order valence-corrected chi connectivity index (χ4v) is 1.31. The molecule has 0 spiro atoms. The molecule has 0 aromatic carbocycles. The molecule has 0 aliphatic carbocycles. The third-order valence-electron chi connectivity index (χ3n) is 2.16. The minimum Gasteiger partial charge on any atom is -0.378 e. The predicted molar refractivity (Wildman–Crippen MR) is 54.4 cm³/mol. The van der Waals surface area contributed by atoms with E-state index in [9.17, 15) is 4.79 Å². The maximum atomic E-state index is 11.7. The van der Waals surface area contributed by atoms with E-state index in [1.807, 2.05) is 0 Å². The average Bonchev–Trinajstić information content (AvgIpc) is 2.33. The van der Waals surface area contributed by atoms with Crippen LogP contribution in [0.1, 0.15) is 18.8 Å². The van der Waals surface area contributed by atoms with Gasteiger partial charge in [-0.2, -0.15) is 0 Å². The van der Waals surface area contributed by atoms with Crippen LogP contribution >= 0.6 is 0 Å². The SMILES string of the molecule is [2H][C@@]1(C)COCCN1OC(=O)c1ccncn1. The summed E-state index contributed by atoms with van der Waals surface area (Å²) in [6.45, 7) is 2.63. The molecule has 2 heterocycles. The highest BCUT2D eigenvalue weighted by molar-refractivity contribution is 5.86. The lowest BCUT2D eigenvalue weighted by Crippen LogP contribution is -2.44. The number of carbonyl (C=O) groups excluding carboxylic acids is 1. The van der Waals surface area contributed by atoms with Crippen molar-refractivity contribution in [3.63, 3.8) is 0 Å². The van der Waals surface area contributed by atoms with Gasteiger partial charge in [0.05, 0.1) is 27.1 Å². The van der Waals surface area contributed by atoms with E-state index in [1.54, 1.807) is 6.92 Å². The van der Waals surface area contributed by atoms with Gasteiger partial charge in [0, 0.05) is 6.20 Å². The van der Waals surface area contributed by atoms with Crippen molar-refractivity contribution in [2.45, 2.75) is 12.9 Å². The summed E-state index contributed by atoms with van der Waals surface area (Å²) in [5.41, 5.74) is 0.169. The van der Waals surface area contributed by atoms with Crippen molar-refractivity contribution in [2.24, 2.45) is 0 Å². The molecule has 1 fully saturated rings. The molecule has 0 saturated carbocycles. The molecule has 0 bridgehead atoms. The molecule has 6 heteroatoms. The first-order chi connectivity index (χ1) is 8.09. The van der Waals surface area contributed by atoms with E-state index in [1.165, 1.54) is 23.7 Å². The number of rotatable bonds is 2. The van der Waals surface area contributed by atoms with Crippen LogP contribution < -0.4 is 0 Å². The predicted octanol–water partition coefficient (Wildman–Crippen LogP) is 0.269. The molecule has 2 rings (SSSR count). The van der Waals surface area contributed by atoms with Gasteiger partial charge in [-0.15, -0.1) is 5.06 Å². The molecule has 1 aromatic rings. The number of morpholine rings is 1. The molecule has 6 nitrogen and oxygen atoms in total. The van der Waals surface area contributed by atoms with E-state index in [-0.39, 0.29) is 12.3 Å². The first-order valence-electron chi connectivity index (χ1n) is 5.43. The zero-order valence-electron chi connectivity index (χ0n) is 9.92. The Hall–Kier alpha value is -1.53. The summed E-state index contributed by atoms with van der Waals surface area (Å²) in [5.74, 6) is -0.590. The minimum atomic E-state index is -1.07. The molecule has 1 aliphatic heterocycles. The van der Waals surface area contributed by atoms with Gasteiger partial charge in [0.25, 0.3) is 0 Å². The summed E-state index contributed by atoms with van der Waals surface area (Å²) in [7, 11) is 0. The summed E-state index contributed by atoms with van der Waals surface area (Å²) in [6, 6.07) is 0.394. The standard InChI is InChI=1S/C10H13N3O3/c1-8-6-15-5-4-13(8)16-10(14)9-2-3-11-7-12-9/h2-3,7-8H,4-6H2,1H3/t8-/m1/s1/i8D. The Bertz CT molecular complexity index is 399. The lowest BCUT2D eigenvalue weighted by atomic mass is 10.3. The zero-order valence-corrected chi connectivity index (χ0v) is 8.92. The van der Waals surface area contributed by atoms with Gasteiger partial charge in [0.2, 0.25) is 0 Å². The van der Waals surface area contributed by atoms with Crippen LogP contribution in [0.5, 0.6) is 0 Å². The van der Waals surface area contributed by atoms with Gasteiger partial charge in [-0.25, -0.2) is 14.8 Å². The third-order valence-corrected chi connectivity index (χ3v) is 2.16. The van der Waals surface area contributed by atoms with Crippen LogP contribution in [0.2, 0.25) is 0 Å². The Kier molecular flexibility index (Phi) is 3.02. The summed E-state index contributed by atoms with van der Waals surface area (Å²) in [4.78, 5) is 24.4. The van der Waals surface area contributed by atoms with Gasteiger partial charge in [-0.1, -0.05) is 0 Å². The van der Waals surface area contributed by atoms with E-state index >= 15 is 0 Å². The van der Waals surface area contributed by atoms with Gasteiger partial charge < -0.3 is 9.57 Å². The molecule has 0 N–H and O–H groups in total. The number of carbonyl (C=O) groups is 1. The Morgan fingerprint density at radius 3 is 3.38 bits per heavy atom. The van der Waals surface area contributed by atoms with Gasteiger partial charge in [0.1, 0.15) is 6.33 Å². The second-order valence-corrected chi connectivity index (χ2v) is 3.36. The number of nitrogens with zero attached hydrogens (tertiary/aromatic N) is 3. The van der Waals surface area contributed by atoms with E-state index < -0.39 is 12.0 Å². The molecule has 1 aromatic heterocycles. The van der Waals surface area contributed by atoms with Crippen LogP contribution in [-0.4, -0.2) is 46.8 Å². The number of hydrogen-bond donors (Lipinski definition) is 0. The fourth-order valence-electron chi connectivity index (χ4n) is 1.31. The second-order valence-electron chi connectivity index (χ2n) is 3.36. The highest BCUT2D eigenvalue weighted by Crippen LogP contribution is 2.08. The highest BCUT2D eigenvalue weighted by Gasteiger charge is 2.23. The lowest BCUT2D eigenvalue weighted by molar-refractivity contribution is -0.179. The van der Waals surface area contributed by atoms with Crippen LogP contribution in [0.15, 0.2) is 18.6 Å². The molecule has 1 aliphatic rings. The van der Waals surface area contributed by atoms with E-state index in [0.717, 1.165) is 0 Å². The van der Waals surface area contributed by atoms with Gasteiger partial charge in [0.15, 0.2) is 5.69 Å². The van der Waals surface area contributed by atoms with Crippen molar-refractivity contribution in [2.75, 3.05) is 19.8 Å². The molecule has 16 heavy (non-hydrogen) atoms. The highest BCUT2D eigenvalue weighted by atomic mass is 16.7. The average molecular weight is 224 g/mol. The number of hydroxylamine groups is 2. The number of ether oxygens (including phenoxy) is 1. The normalized spacial score (nSPS) is 27.2. The largest absolute Gasteiger partial charge is 0.378 e. The van der Waals surface area contributed by atoms with Crippen LogP contribution in [-0.2, 0) is 9.57 Å². The Morgan fingerprint density at radius 1 is 1.81 bits per heavy atom. The van der Waals surface area contributed by atoms with Crippen molar-refractivity contribution >= 4 is 5.97 Å². The van der Waals surface area contributed by atoms with Crippen LogP contribution in [0.3, 0.4) is 0 Å². The van der Waals surface area contributed by atoms with E-state index in [4.69, 9.17) is 10.9 Å². The number of hydrogen-bond acceptors (Lipinski definition) is 6. The van der Waals surface area contributed by atoms with Crippen molar-refractivity contribution in [3.8, 4) is 0 Å². The van der Waals surface area contributed by atoms with E-state index in [2.05, 4.69) is 9.97 Å². The quantitative estimate of drug-likeness (QED) is 0.718. The molecule has 0 amide bonds. The van der Waals surface area contributed by atoms with E-state index in [0.29, 0.717) is 13.2 Å². The first kappa shape index (κ1) is 9.68. The number of aromatic nitrogens is 2. The Balaban J connectivity index is 2.03. The third kappa shape index (κ3) is 2.53. The smallest absolute Gasteiger partial charge is 0.375 e. The molecule has 86 valence electrons. The molecule has 1 saturated heterocycles. The summed E-state index contributed by atoms with van der Waals surface area (Å²) in [5, 5.41) is 1.31. The van der Waals surface area contributed by atoms with Gasteiger partial charge in [-0.3, -0.25) is 0 Å². The minimum absolute atomic E-state index is 0.169. The molecule has 1 atom stereocenters. The van der Waals surface area contributed by atoms with Crippen molar-refractivity contribution in [1.82, 2.24) is 15.0 Å². The molecule has 0 unspecified atom stereocenters. The first-order valence-corrected chi connectivity index (χ1v) is 4.93. The second kappa shape index (κ2) is 5.00. The maximum Gasteiger partial charge on any atom is 0.375 e. The molecular weight excluding hydrogens is 210 g/mol. The van der Waals surface area contributed by atoms with Gasteiger partial charge >= 0.3 is 5.97 Å². The monoisotopic (exact) mass is 224 g/mol. The van der Waals surface area contributed by atoms with Crippen LogP contribution in [0.4, 0.5) is 0 Å². The van der Waals surface area contributed by atoms with Crippen molar-refractivity contribution in [1.29, 1.82) is 0 Å². The summed E-state index contributed by atoms with van der Waals surface area (Å²) >= 11 is 0. The lowest BCUT2D eigenvalue weighted by Gasteiger charge is -2.30. The Morgan fingerprint density at radius 2 is 2.69 bits per heavy atom. The van der Waals surface area contributed by atoms with Crippen molar-refractivity contribution in [3.05, 3.63) is 24.3 Å². The van der Waals surface area contributed by atoms with Crippen molar-refractivity contribution < 1.29 is 15.7 Å². The molecular formula is C10H13N3O3. The van der Waals surface area contributed by atoms with Crippen LogP contribution in [0, 0.1) is 0 Å². The molecule has 0 radical (unpaired) electrons.